The van der Waals surface area contributed by atoms with Gasteiger partial charge in [-0.25, -0.2) is 0 Å². The number of rotatable bonds is 2. The number of amides is 1. The Bertz CT molecular complexity index is 526. The van der Waals surface area contributed by atoms with Crippen LogP contribution in [0.5, 0.6) is 0 Å². The van der Waals surface area contributed by atoms with Crippen molar-refractivity contribution in [2.45, 2.75) is 13.8 Å². The van der Waals surface area contributed by atoms with Gasteiger partial charge >= 0.3 is 0 Å². The van der Waals surface area contributed by atoms with Gasteiger partial charge in [0.25, 0.3) is 5.91 Å². The maximum Gasteiger partial charge on any atom is 0.258 e. The van der Waals surface area contributed by atoms with Crippen LogP contribution in [0.25, 0.3) is 11.3 Å². The summed E-state index contributed by atoms with van der Waals surface area (Å²) >= 11 is 0. The van der Waals surface area contributed by atoms with Crippen molar-refractivity contribution in [1.29, 1.82) is 0 Å². The molecule has 2 heteroatoms. The fourth-order valence-electron chi connectivity index (χ4n) is 2.09. The molecule has 0 bridgehead atoms. The van der Waals surface area contributed by atoms with Crippen LogP contribution in [0.4, 0.5) is 0 Å². The minimum absolute atomic E-state index is 0.0170. The van der Waals surface area contributed by atoms with Crippen molar-refractivity contribution in [3.8, 4) is 0 Å². The van der Waals surface area contributed by atoms with Crippen molar-refractivity contribution in [1.82, 2.24) is 4.90 Å². The molecular formula is C15H17NO. The van der Waals surface area contributed by atoms with Crippen LogP contribution in [0.15, 0.2) is 31.4 Å². The maximum atomic E-state index is 12.0. The minimum atomic E-state index is 0.0170. The predicted molar refractivity (Wildman–Crippen MR) is 71.4 cm³/mol. The van der Waals surface area contributed by atoms with E-state index < -0.39 is 0 Å². The number of hydrogen-bond donors (Lipinski definition) is 0. The van der Waals surface area contributed by atoms with E-state index in [1.54, 1.807) is 11.9 Å². The predicted octanol–water partition coefficient (Wildman–Crippen LogP) is 3.41. The highest BCUT2D eigenvalue weighted by Gasteiger charge is 2.30. The Kier molecular flexibility index (Phi) is 2.66. The van der Waals surface area contributed by atoms with Gasteiger partial charge in [0.1, 0.15) is 0 Å². The van der Waals surface area contributed by atoms with Crippen molar-refractivity contribution in [2.75, 3.05) is 7.05 Å². The topological polar surface area (TPSA) is 20.3 Å². The molecule has 1 aromatic rings. The third-order valence-electron chi connectivity index (χ3n) is 3.34. The van der Waals surface area contributed by atoms with Gasteiger partial charge < -0.3 is 4.90 Å². The first-order valence-electron chi connectivity index (χ1n) is 5.74. The van der Waals surface area contributed by atoms with E-state index in [0.29, 0.717) is 5.92 Å². The molecule has 2 nitrogen and oxygen atoms in total. The molecule has 0 N–H and O–H groups in total. The quantitative estimate of drug-likeness (QED) is 0.758. The molecule has 1 heterocycles. The third-order valence-corrected chi connectivity index (χ3v) is 3.34. The lowest BCUT2D eigenvalue weighted by Gasteiger charge is -2.15. The molecule has 0 saturated heterocycles. The summed E-state index contributed by atoms with van der Waals surface area (Å²) in [6.45, 7) is 12.3. The first-order chi connectivity index (χ1) is 7.95. The van der Waals surface area contributed by atoms with Gasteiger partial charge in [0, 0.05) is 23.9 Å². The van der Waals surface area contributed by atoms with E-state index in [4.69, 9.17) is 0 Å². The number of hydrogen-bond acceptors (Lipinski definition) is 1. The molecule has 1 amide bonds. The second-order valence-corrected chi connectivity index (χ2v) is 4.72. The highest BCUT2D eigenvalue weighted by Crippen LogP contribution is 2.37. The Morgan fingerprint density at radius 1 is 1.35 bits per heavy atom. The molecule has 0 aliphatic carbocycles. The molecule has 0 fully saturated rings. The Hall–Kier alpha value is -1.83. The zero-order valence-corrected chi connectivity index (χ0v) is 10.6. The summed E-state index contributed by atoms with van der Waals surface area (Å²) in [5, 5.41) is 0. The van der Waals surface area contributed by atoms with E-state index in [2.05, 4.69) is 27.0 Å². The lowest BCUT2D eigenvalue weighted by Crippen LogP contribution is -2.16. The highest BCUT2D eigenvalue weighted by atomic mass is 16.2. The summed E-state index contributed by atoms with van der Waals surface area (Å²) in [5.74, 6) is 0.374. The number of fused-ring (bicyclic) bond motifs is 1. The Labute approximate surface area is 102 Å². The molecule has 2 rings (SSSR count). The lowest BCUT2D eigenvalue weighted by molar-refractivity contribution is 0.0875. The fraction of sp³-hybridized carbons (Fsp3) is 0.267. The standard InChI is InChI=1S/C15H17NO/c1-9(2)10(3)12-7-6-8-13-14(12)11(4)16(5)15(13)17/h6-9H,3-4H2,1-2,5H3. The van der Waals surface area contributed by atoms with Crippen molar-refractivity contribution in [3.05, 3.63) is 48.0 Å². The first-order valence-corrected chi connectivity index (χ1v) is 5.74. The largest absolute Gasteiger partial charge is 0.311 e. The first kappa shape index (κ1) is 11.6. The molecule has 1 aromatic carbocycles. The smallest absolute Gasteiger partial charge is 0.258 e. The molecule has 0 radical (unpaired) electrons. The van der Waals surface area contributed by atoms with E-state index in [0.717, 1.165) is 28.0 Å². The number of allylic oxidation sites excluding steroid dienone is 1. The SMILES string of the molecule is C=C(c1cccc2c1C(=C)N(C)C2=O)C(C)C. The van der Waals surface area contributed by atoms with Crippen LogP contribution in [-0.4, -0.2) is 17.9 Å². The van der Waals surface area contributed by atoms with Crippen molar-refractivity contribution in [2.24, 2.45) is 5.92 Å². The van der Waals surface area contributed by atoms with E-state index in [1.165, 1.54) is 0 Å². The average molecular weight is 227 g/mol. The molecular weight excluding hydrogens is 210 g/mol. The summed E-state index contributed by atoms with van der Waals surface area (Å²) in [4.78, 5) is 13.6. The molecule has 1 aliphatic heterocycles. The molecule has 17 heavy (non-hydrogen) atoms. The minimum Gasteiger partial charge on any atom is -0.311 e. The van der Waals surface area contributed by atoms with E-state index in [1.807, 2.05) is 18.2 Å². The van der Waals surface area contributed by atoms with Gasteiger partial charge in [-0.3, -0.25) is 4.79 Å². The molecule has 88 valence electrons. The van der Waals surface area contributed by atoms with Gasteiger partial charge in [0.15, 0.2) is 0 Å². The second kappa shape index (κ2) is 3.88. The van der Waals surface area contributed by atoms with Crippen LogP contribution >= 0.6 is 0 Å². The lowest BCUT2D eigenvalue weighted by atomic mass is 9.90. The van der Waals surface area contributed by atoms with Gasteiger partial charge in [-0.05, 0) is 23.1 Å². The van der Waals surface area contributed by atoms with Gasteiger partial charge in [0.05, 0.1) is 0 Å². The van der Waals surface area contributed by atoms with Crippen molar-refractivity contribution in [3.63, 3.8) is 0 Å². The number of nitrogens with zero attached hydrogens (tertiary/aromatic N) is 1. The van der Waals surface area contributed by atoms with Gasteiger partial charge in [-0.15, -0.1) is 0 Å². The van der Waals surface area contributed by atoms with Crippen LogP contribution < -0.4 is 0 Å². The van der Waals surface area contributed by atoms with E-state index in [9.17, 15) is 4.79 Å². The molecule has 0 spiro atoms. The second-order valence-electron chi connectivity index (χ2n) is 4.72. The third kappa shape index (κ3) is 1.60. The zero-order valence-electron chi connectivity index (χ0n) is 10.6. The number of carbonyl (C=O) groups is 1. The summed E-state index contributed by atoms with van der Waals surface area (Å²) in [7, 11) is 1.76. The monoisotopic (exact) mass is 227 g/mol. The average Bonchev–Trinajstić information content (AvgIpc) is 2.53. The zero-order chi connectivity index (χ0) is 12.7. The number of benzene rings is 1. The molecule has 0 aromatic heterocycles. The Morgan fingerprint density at radius 3 is 2.59 bits per heavy atom. The van der Waals surface area contributed by atoms with E-state index >= 15 is 0 Å². The van der Waals surface area contributed by atoms with E-state index in [-0.39, 0.29) is 5.91 Å². The van der Waals surface area contributed by atoms with Gasteiger partial charge in [-0.1, -0.05) is 39.1 Å². The summed E-state index contributed by atoms with van der Waals surface area (Å²) < 4.78 is 0. The van der Waals surface area contributed by atoms with Crippen LogP contribution in [0.3, 0.4) is 0 Å². The summed E-state index contributed by atoms with van der Waals surface area (Å²) in [5.41, 5.74) is 4.53. The Morgan fingerprint density at radius 2 is 2.00 bits per heavy atom. The van der Waals surface area contributed by atoms with Crippen LogP contribution in [0, 0.1) is 5.92 Å². The Balaban J connectivity index is 2.64. The van der Waals surface area contributed by atoms with Crippen molar-refractivity contribution < 1.29 is 4.79 Å². The molecule has 0 unspecified atom stereocenters. The molecule has 0 saturated carbocycles. The molecule has 1 aliphatic rings. The maximum absolute atomic E-state index is 12.0. The highest BCUT2D eigenvalue weighted by molar-refractivity contribution is 6.10. The molecule has 0 atom stereocenters. The van der Waals surface area contributed by atoms with Gasteiger partial charge in [-0.2, -0.15) is 0 Å². The summed E-state index contributed by atoms with van der Waals surface area (Å²) in [6, 6.07) is 5.77. The van der Waals surface area contributed by atoms with Crippen LogP contribution in [-0.2, 0) is 0 Å². The number of carbonyl (C=O) groups excluding carboxylic acids is 1. The van der Waals surface area contributed by atoms with Crippen LogP contribution in [0.2, 0.25) is 0 Å². The van der Waals surface area contributed by atoms with Crippen LogP contribution in [0.1, 0.15) is 35.3 Å². The van der Waals surface area contributed by atoms with Crippen molar-refractivity contribution >= 4 is 17.2 Å². The van der Waals surface area contributed by atoms with Gasteiger partial charge in [0.2, 0.25) is 0 Å². The summed E-state index contributed by atoms with van der Waals surface area (Å²) in [6.07, 6.45) is 0. The normalized spacial score (nSPS) is 14.5. The fourth-order valence-corrected chi connectivity index (χ4v) is 2.09.